The summed E-state index contributed by atoms with van der Waals surface area (Å²) < 4.78 is 39.9. The van der Waals surface area contributed by atoms with Gasteiger partial charge in [0.15, 0.2) is 0 Å². The van der Waals surface area contributed by atoms with Crippen LogP contribution in [0.5, 0.6) is 0 Å². The maximum Gasteiger partial charge on any atom is 0.243 e. The molecule has 0 bridgehead atoms. The van der Waals surface area contributed by atoms with Gasteiger partial charge in [0.1, 0.15) is 5.82 Å². The van der Waals surface area contributed by atoms with E-state index in [-0.39, 0.29) is 16.6 Å². The molecule has 1 aliphatic heterocycles. The zero-order valence-corrected chi connectivity index (χ0v) is 12.5. The molecule has 2 N–H and O–H groups in total. The van der Waals surface area contributed by atoms with E-state index in [1.807, 2.05) is 19.0 Å². The fourth-order valence-corrected chi connectivity index (χ4v) is 4.27. The Morgan fingerprint density at radius 3 is 2.75 bits per heavy atom. The third-order valence-corrected chi connectivity index (χ3v) is 5.42. The van der Waals surface area contributed by atoms with Gasteiger partial charge in [-0.15, -0.1) is 0 Å². The summed E-state index contributed by atoms with van der Waals surface area (Å²) in [5.41, 5.74) is 5.32. The number of benzene rings is 1. The molecule has 1 aromatic rings. The summed E-state index contributed by atoms with van der Waals surface area (Å²) in [6.07, 6.45) is 1.68. The van der Waals surface area contributed by atoms with Crippen molar-refractivity contribution in [2.24, 2.45) is 0 Å². The second-order valence-corrected chi connectivity index (χ2v) is 7.25. The van der Waals surface area contributed by atoms with E-state index in [9.17, 15) is 12.8 Å². The molecule has 1 unspecified atom stereocenters. The van der Waals surface area contributed by atoms with Crippen LogP contribution in [0.15, 0.2) is 23.1 Å². The highest BCUT2D eigenvalue weighted by molar-refractivity contribution is 7.89. The highest BCUT2D eigenvalue weighted by Gasteiger charge is 2.35. The Kier molecular flexibility index (Phi) is 4.31. The van der Waals surface area contributed by atoms with E-state index in [1.165, 1.54) is 16.4 Å². The molecule has 1 saturated heterocycles. The Labute approximate surface area is 119 Å². The molecule has 1 fully saturated rings. The van der Waals surface area contributed by atoms with Gasteiger partial charge in [0.2, 0.25) is 10.0 Å². The number of nitrogens with zero attached hydrogens (tertiary/aromatic N) is 2. The normalized spacial score (nSPS) is 20.7. The van der Waals surface area contributed by atoms with Crippen LogP contribution >= 0.6 is 0 Å². The topological polar surface area (TPSA) is 66.6 Å². The zero-order chi connectivity index (χ0) is 14.9. The Balaban J connectivity index is 2.31. The molecule has 20 heavy (non-hydrogen) atoms. The summed E-state index contributed by atoms with van der Waals surface area (Å²) >= 11 is 0. The Bertz CT molecular complexity index is 589. The Morgan fingerprint density at radius 2 is 2.15 bits per heavy atom. The van der Waals surface area contributed by atoms with Crippen LogP contribution in [0.25, 0.3) is 0 Å². The number of anilines is 1. The van der Waals surface area contributed by atoms with Crippen molar-refractivity contribution < 1.29 is 12.8 Å². The highest BCUT2D eigenvalue weighted by Crippen LogP contribution is 2.27. The fraction of sp³-hybridized carbons (Fsp3) is 0.538. The average molecular weight is 301 g/mol. The van der Waals surface area contributed by atoms with Crippen LogP contribution in [0, 0.1) is 5.82 Å². The summed E-state index contributed by atoms with van der Waals surface area (Å²) in [5, 5.41) is 0. The molecule has 0 radical (unpaired) electrons. The molecule has 0 aliphatic carbocycles. The molecule has 0 spiro atoms. The lowest BCUT2D eigenvalue weighted by Crippen LogP contribution is -2.41. The van der Waals surface area contributed by atoms with E-state index in [4.69, 9.17) is 5.73 Å². The van der Waals surface area contributed by atoms with Crippen LogP contribution in [-0.2, 0) is 10.0 Å². The molecule has 5 nitrogen and oxygen atoms in total. The van der Waals surface area contributed by atoms with Gasteiger partial charge in [0.25, 0.3) is 0 Å². The average Bonchev–Trinajstić information content (AvgIpc) is 2.80. The van der Waals surface area contributed by atoms with Gasteiger partial charge in [-0.05, 0) is 45.1 Å². The first-order valence-corrected chi connectivity index (χ1v) is 7.98. The van der Waals surface area contributed by atoms with Gasteiger partial charge in [0, 0.05) is 19.1 Å². The number of halogens is 1. The van der Waals surface area contributed by atoms with Crippen molar-refractivity contribution in [3.8, 4) is 0 Å². The van der Waals surface area contributed by atoms with Crippen molar-refractivity contribution in [1.82, 2.24) is 9.21 Å². The summed E-state index contributed by atoms with van der Waals surface area (Å²) in [5.74, 6) is -0.602. The monoisotopic (exact) mass is 301 g/mol. The molecule has 0 saturated carbocycles. The van der Waals surface area contributed by atoms with Gasteiger partial charge in [0.05, 0.1) is 10.6 Å². The largest absolute Gasteiger partial charge is 0.396 e. The number of nitrogens with two attached hydrogens (primary N) is 1. The van der Waals surface area contributed by atoms with Crippen LogP contribution in [-0.4, -0.2) is 50.8 Å². The van der Waals surface area contributed by atoms with E-state index in [1.54, 1.807) is 0 Å². The van der Waals surface area contributed by atoms with Crippen LogP contribution in [0.1, 0.15) is 12.8 Å². The lowest BCUT2D eigenvalue weighted by molar-refractivity contribution is 0.291. The maximum atomic E-state index is 13.2. The number of sulfonamides is 1. The summed E-state index contributed by atoms with van der Waals surface area (Å²) in [7, 11) is 0.219. The van der Waals surface area contributed by atoms with E-state index < -0.39 is 15.8 Å². The predicted octanol–water partition coefficient (Wildman–Crippen LogP) is 1.12. The molecule has 7 heteroatoms. The van der Waals surface area contributed by atoms with Crippen molar-refractivity contribution in [2.45, 2.75) is 23.8 Å². The lowest BCUT2D eigenvalue weighted by atomic mass is 10.2. The third-order valence-electron chi connectivity index (χ3n) is 3.47. The van der Waals surface area contributed by atoms with Gasteiger partial charge in [-0.3, -0.25) is 0 Å². The van der Waals surface area contributed by atoms with Crippen molar-refractivity contribution in [3.63, 3.8) is 0 Å². The Hall–Kier alpha value is -1.18. The molecule has 1 aliphatic rings. The van der Waals surface area contributed by atoms with Gasteiger partial charge in [-0.2, -0.15) is 4.31 Å². The minimum Gasteiger partial charge on any atom is -0.396 e. The van der Waals surface area contributed by atoms with E-state index in [0.29, 0.717) is 13.1 Å². The molecule has 2 rings (SSSR count). The second kappa shape index (κ2) is 5.67. The first-order valence-electron chi connectivity index (χ1n) is 6.54. The summed E-state index contributed by atoms with van der Waals surface area (Å²) in [6, 6.07) is 3.52. The van der Waals surface area contributed by atoms with Gasteiger partial charge in [-0.25, -0.2) is 12.8 Å². The van der Waals surface area contributed by atoms with Gasteiger partial charge >= 0.3 is 0 Å². The molecular weight excluding hydrogens is 281 g/mol. The standard InChI is InChI=1S/C13H20FN3O2S/c1-16(2)9-10-4-3-7-17(10)20(18,19)11-5-6-12(14)13(15)8-11/h5-6,8,10H,3-4,7,9,15H2,1-2H3. The smallest absolute Gasteiger partial charge is 0.243 e. The maximum absolute atomic E-state index is 13.2. The minimum atomic E-state index is -3.61. The van der Waals surface area contributed by atoms with Crippen LogP contribution in [0.3, 0.4) is 0 Å². The molecular formula is C13H20FN3O2S. The SMILES string of the molecule is CN(C)CC1CCCN1S(=O)(=O)c1ccc(F)c(N)c1. The van der Waals surface area contributed by atoms with E-state index in [0.717, 1.165) is 18.9 Å². The molecule has 1 aromatic carbocycles. The minimum absolute atomic E-state index is 0.0405. The van der Waals surface area contributed by atoms with E-state index in [2.05, 4.69) is 0 Å². The molecule has 0 aromatic heterocycles. The number of rotatable bonds is 4. The van der Waals surface area contributed by atoms with Gasteiger partial charge < -0.3 is 10.6 Å². The van der Waals surface area contributed by atoms with Crippen molar-refractivity contribution in [1.29, 1.82) is 0 Å². The summed E-state index contributed by atoms with van der Waals surface area (Å²) in [6.45, 7) is 1.17. The fourth-order valence-electron chi connectivity index (χ4n) is 2.55. The Morgan fingerprint density at radius 1 is 1.45 bits per heavy atom. The third kappa shape index (κ3) is 2.94. The van der Waals surface area contributed by atoms with Crippen LogP contribution in [0.2, 0.25) is 0 Å². The molecule has 1 heterocycles. The number of nitrogen functional groups attached to an aromatic ring is 1. The van der Waals surface area contributed by atoms with Crippen LogP contribution in [0.4, 0.5) is 10.1 Å². The van der Waals surface area contributed by atoms with Crippen LogP contribution < -0.4 is 5.73 Å². The van der Waals surface area contributed by atoms with Gasteiger partial charge in [-0.1, -0.05) is 0 Å². The first kappa shape index (κ1) is 15.2. The number of likely N-dealkylation sites (N-methyl/N-ethyl adjacent to an activating group) is 1. The second-order valence-electron chi connectivity index (χ2n) is 5.36. The zero-order valence-electron chi connectivity index (χ0n) is 11.7. The number of hydrogen-bond donors (Lipinski definition) is 1. The first-order chi connectivity index (χ1) is 9.32. The lowest BCUT2D eigenvalue weighted by Gasteiger charge is -2.26. The van der Waals surface area contributed by atoms with E-state index >= 15 is 0 Å². The van der Waals surface area contributed by atoms with Crippen molar-refractivity contribution in [3.05, 3.63) is 24.0 Å². The predicted molar refractivity (Wildman–Crippen MR) is 76.3 cm³/mol. The number of hydrogen-bond acceptors (Lipinski definition) is 4. The summed E-state index contributed by atoms with van der Waals surface area (Å²) in [4.78, 5) is 2.03. The highest BCUT2D eigenvalue weighted by atomic mass is 32.2. The van der Waals surface area contributed by atoms with Crippen molar-refractivity contribution in [2.75, 3.05) is 32.9 Å². The molecule has 0 amide bonds. The quantitative estimate of drug-likeness (QED) is 0.846. The molecule has 112 valence electrons. The molecule has 1 atom stereocenters. The van der Waals surface area contributed by atoms with Crippen molar-refractivity contribution >= 4 is 15.7 Å².